The lowest BCUT2D eigenvalue weighted by molar-refractivity contribution is -0.268. The number of thiazole rings is 1. The van der Waals surface area contributed by atoms with Gasteiger partial charge in [-0.25, -0.2) is 4.98 Å². The van der Waals surface area contributed by atoms with E-state index in [4.69, 9.17) is 0 Å². The van der Waals surface area contributed by atoms with Crippen molar-refractivity contribution in [3.05, 3.63) is 16.1 Å². The molecule has 3 rings (SSSR count). The number of aromatic nitrogens is 1. The van der Waals surface area contributed by atoms with Crippen molar-refractivity contribution in [2.75, 3.05) is 13.1 Å². The van der Waals surface area contributed by atoms with Gasteiger partial charge in [-0.3, -0.25) is 9.59 Å². The summed E-state index contributed by atoms with van der Waals surface area (Å²) in [6.07, 6.45) is -4.52. The largest absolute Gasteiger partial charge is 0.481 e. The van der Waals surface area contributed by atoms with E-state index in [2.05, 4.69) is 4.98 Å². The second kappa shape index (κ2) is 6.49. The number of carbonyl (C=O) groups is 2. The van der Waals surface area contributed by atoms with E-state index < -0.39 is 41.0 Å². The first-order chi connectivity index (χ1) is 12.0. The van der Waals surface area contributed by atoms with Crippen molar-refractivity contribution in [2.24, 2.45) is 17.8 Å². The van der Waals surface area contributed by atoms with Crippen LogP contribution in [0.25, 0.3) is 0 Å². The number of carboxylic acid groups (broad SMARTS) is 1. The van der Waals surface area contributed by atoms with E-state index in [1.54, 1.807) is 0 Å². The van der Waals surface area contributed by atoms with Crippen molar-refractivity contribution in [3.63, 3.8) is 0 Å². The Morgan fingerprint density at radius 3 is 2.46 bits per heavy atom. The zero-order valence-corrected chi connectivity index (χ0v) is 14.8. The molecule has 2 aliphatic rings. The zero-order chi connectivity index (χ0) is 19.3. The molecule has 1 aliphatic heterocycles. The Labute approximate surface area is 151 Å². The molecule has 2 N–H and O–H groups in total. The molecule has 26 heavy (non-hydrogen) atoms. The first-order valence-electron chi connectivity index (χ1n) is 8.25. The average molecular weight is 392 g/mol. The van der Waals surface area contributed by atoms with E-state index in [-0.39, 0.29) is 24.9 Å². The van der Waals surface area contributed by atoms with Crippen LogP contribution in [0.2, 0.25) is 0 Å². The monoisotopic (exact) mass is 392 g/mol. The number of nitrogens with zero attached hydrogens (tertiary/aromatic N) is 2. The summed E-state index contributed by atoms with van der Waals surface area (Å²) >= 11 is 0.643. The fraction of sp³-hybridized carbons (Fsp3) is 0.688. The SMILES string of the molecule is Cc1csc(C(O)(CC(=O)N2C[C@H](C(=O)O)[C@@H](C3CC3)C2)C(F)(F)F)n1. The van der Waals surface area contributed by atoms with Gasteiger partial charge in [0.2, 0.25) is 11.5 Å². The Hall–Kier alpha value is -1.68. The summed E-state index contributed by atoms with van der Waals surface area (Å²) in [7, 11) is 0. The van der Waals surface area contributed by atoms with Crippen LogP contribution in [0.3, 0.4) is 0 Å². The van der Waals surface area contributed by atoms with Crippen LogP contribution in [0.15, 0.2) is 5.38 Å². The highest BCUT2D eigenvalue weighted by Crippen LogP contribution is 2.46. The summed E-state index contributed by atoms with van der Waals surface area (Å²) in [6, 6.07) is 0. The molecule has 0 spiro atoms. The summed E-state index contributed by atoms with van der Waals surface area (Å²) in [5, 5.41) is 20.4. The number of hydrogen-bond acceptors (Lipinski definition) is 5. The van der Waals surface area contributed by atoms with Crippen LogP contribution in [-0.2, 0) is 15.2 Å². The highest BCUT2D eigenvalue weighted by Gasteiger charge is 2.59. The molecule has 1 saturated carbocycles. The smallest absolute Gasteiger partial charge is 0.424 e. The fourth-order valence-corrected chi connectivity index (χ4v) is 4.38. The second-order valence-electron chi connectivity index (χ2n) is 7.07. The van der Waals surface area contributed by atoms with Crippen molar-refractivity contribution < 1.29 is 33.0 Å². The van der Waals surface area contributed by atoms with E-state index in [1.807, 2.05) is 0 Å². The highest BCUT2D eigenvalue weighted by atomic mass is 32.1. The van der Waals surface area contributed by atoms with Gasteiger partial charge < -0.3 is 15.1 Å². The molecule has 2 fully saturated rings. The lowest BCUT2D eigenvalue weighted by Crippen LogP contribution is -2.47. The molecule has 0 aromatic carbocycles. The highest BCUT2D eigenvalue weighted by molar-refractivity contribution is 7.09. The number of alkyl halides is 3. The fourth-order valence-electron chi connectivity index (χ4n) is 3.47. The summed E-state index contributed by atoms with van der Waals surface area (Å²) in [6.45, 7) is 1.49. The molecule has 144 valence electrons. The molecular weight excluding hydrogens is 373 g/mol. The van der Waals surface area contributed by atoms with Crippen LogP contribution in [0.4, 0.5) is 13.2 Å². The molecule has 3 atom stereocenters. The lowest BCUT2D eigenvalue weighted by Gasteiger charge is -2.29. The van der Waals surface area contributed by atoms with E-state index in [0.29, 0.717) is 17.0 Å². The van der Waals surface area contributed by atoms with Crippen molar-refractivity contribution in [1.82, 2.24) is 9.88 Å². The number of aryl methyl sites for hydroxylation is 1. The molecule has 1 amide bonds. The summed E-state index contributed by atoms with van der Waals surface area (Å²) in [5.74, 6) is -2.76. The van der Waals surface area contributed by atoms with E-state index >= 15 is 0 Å². The van der Waals surface area contributed by atoms with Crippen molar-refractivity contribution >= 4 is 23.2 Å². The van der Waals surface area contributed by atoms with E-state index in [9.17, 15) is 33.0 Å². The van der Waals surface area contributed by atoms with Crippen LogP contribution >= 0.6 is 11.3 Å². The number of carbonyl (C=O) groups excluding carboxylic acids is 1. The van der Waals surface area contributed by atoms with Gasteiger partial charge in [0, 0.05) is 24.2 Å². The average Bonchev–Trinajstić information content (AvgIpc) is 3.11. The molecule has 10 heteroatoms. The number of carboxylic acids is 1. The van der Waals surface area contributed by atoms with E-state index in [0.717, 1.165) is 17.7 Å². The topological polar surface area (TPSA) is 90.7 Å². The van der Waals surface area contributed by atoms with Gasteiger partial charge in [-0.05, 0) is 31.6 Å². The first-order valence-corrected chi connectivity index (χ1v) is 9.13. The maximum atomic E-state index is 13.5. The molecule has 1 aliphatic carbocycles. The molecular formula is C16H19F3N2O4S. The van der Waals surface area contributed by atoms with Gasteiger partial charge in [0.25, 0.3) is 0 Å². The zero-order valence-electron chi connectivity index (χ0n) is 14.0. The maximum absolute atomic E-state index is 13.5. The Bertz CT molecular complexity index is 719. The van der Waals surface area contributed by atoms with Gasteiger partial charge in [0.05, 0.1) is 12.3 Å². The summed E-state index contributed by atoms with van der Waals surface area (Å²) in [4.78, 5) is 28.7. The Kier molecular flexibility index (Phi) is 4.76. The van der Waals surface area contributed by atoms with Gasteiger partial charge in [0.15, 0.2) is 0 Å². The molecule has 1 unspecified atom stereocenters. The van der Waals surface area contributed by atoms with Gasteiger partial charge in [-0.2, -0.15) is 13.2 Å². The predicted octanol–water partition coefficient (Wildman–Crippen LogP) is 2.16. The predicted molar refractivity (Wildman–Crippen MR) is 85.3 cm³/mol. The standard InChI is InChI=1S/C16H19F3N2O4S/c1-8-7-26-14(20-8)15(25,16(17,18)19)4-12(22)21-5-10(9-2-3-9)11(6-21)13(23)24/h7,9-11,25H,2-6H2,1H3,(H,23,24)/t10-,11+,15?/m1/s1. The minimum Gasteiger partial charge on any atom is -0.481 e. The summed E-state index contributed by atoms with van der Waals surface area (Å²) in [5.41, 5.74) is -3.06. The second-order valence-corrected chi connectivity index (χ2v) is 7.93. The molecule has 1 aromatic heterocycles. The lowest BCUT2D eigenvalue weighted by atomic mass is 9.92. The molecule has 1 saturated heterocycles. The van der Waals surface area contributed by atoms with Crippen molar-refractivity contribution in [2.45, 2.75) is 38.0 Å². The van der Waals surface area contributed by atoms with E-state index in [1.165, 1.54) is 12.3 Å². The number of likely N-dealkylation sites (tertiary alicyclic amines) is 1. The maximum Gasteiger partial charge on any atom is 0.424 e. The first kappa shape index (κ1) is 19.1. The van der Waals surface area contributed by atoms with Gasteiger partial charge >= 0.3 is 12.1 Å². The Balaban J connectivity index is 1.79. The number of rotatable bonds is 5. The Morgan fingerprint density at radius 2 is 2.00 bits per heavy atom. The molecule has 0 radical (unpaired) electrons. The number of halogens is 3. The molecule has 6 nitrogen and oxygen atoms in total. The minimum absolute atomic E-state index is 0.116. The quantitative estimate of drug-likeness (QED) is 0.801. The van der Waals surface area contributed by atoms with Crippen molar-refractivity contribution in [3.8, 4) is 0 Å². The Morgan fingerprint density at radius 1 is 1.35 bits per heavy atom. The van der Waals surface area contributed by atoms with Crippen LogP contribution in [0.1, 0.15) is 30.0 Å². The molecule has 1 aromatic rings. The van der Waals surface area contributed by atoms with Crippen LogP contribution in [-0.4, -0.2) is 51.2 Å². The normalized spacial score (nSPS) is 26.0. The number of aliphatic carboxylic acids is 1. The third kappa shape index (κ3) is 3.44. The van der Waals surface area contributed by atoms with Crippen LogP contribution < -0.4 is 0 Å². The number of aliphatic hydroxyl groups is 1. The number of amides is 1. The molecule has 0 bridgehead atoms. The summed E-state index contributed by atoms with van der Waals surface area (Å²) < 4.78 is 40.6. The van der Waals surface area contributed by atoms with Gasteiger partial charge in [-0.1, -0.05) is 0 Å². The van der Waals surface area contributed by atoms with Crippen molar-refractivity contribution in [1.29, 1.82) is 0 Å². The number of hydrogen-bond donors (Lipinski definition) is 2. The third-order valence-corrected chi connectivity index (χ3v) is 6.22. The van der Waals surface area contributed by atoms with Gasteiger partial charge in [0.1, 0.15) is 5.01 Å². The molecule has 2 heterocycles. The van der Waals surface area contributed by atoms with Crippen LogP contribution in [0.5, 0.6) is 0 Å². The minimum atomic E-state index is -5.07. The third-order valence-electron chi connectivity index (χ3n) is 5.11. The van der Waals surface area contributed by atoms with Crippen LogP contribution in [0, 0.1) is 24.7 Å². The van der Waals surface area contributed by atoms with Gasteiger partial charge in [-0.15, -0.1) is 11.3 Å².